The summed E-state index contributed by atoms with van der Waals surface area (Å²) in [6, 6.07) is 8.06. The van der Waals surface area contributed by atoms with Gasteiger partial charge >= 0.3 is 5.97 Å². The van der Waals surface area contributed by atoms with E-state index in [1.165, 1.54) is 19.5 Å². The van der Waals surface area contributed by atoms with Crippen LogP contribution in [-0.4, -0.2) is 38.9 Å². The summed E-state index contributed by atoms with van der Waals surface area (Å²) in [5.41, 5.74) is 0. The van der Waals surface area contributed by atoms with Crippen molar-refractivity contribution in [2.75, 3.05) is 7.11 Å². The molecule has 23 heavy (non-hydrogen) atoms. The molecule has 2 aromatic rings. The number of hydrogen-bond donors (Lipinski definition) is 2. The normalized spacial score (nSPS) is 12.7. The smallest absolute Gasteiger partial charge is 0.305 e. The Morgan fingerprint density at radius 1 is 1.35 bits per heavy atom. The maximum Gasteiger partial charge on any atom is 0.305 e. The van der Waals surface area contributed by atoms with Gasteiger partial charge in [0.1, 0.15) is 5.75 Å². The van der Waals surface area contributed by atoms with E-state index in [1.54, 1.807) is 30.3 Å². The Labute approximate surface area is 132 Å². The number of fused-ring (bicyclic) bond motifs is 1. The number of rotatable bonds is 7. The molecule has 2 rings (SSSR count). The molecule has 0 aliphatic carbocycles. The summed E-state index contributed by atoms with van der Waals surface area (Å²) in [7, 11) is -2.58. The van der Waals surface area contributed by atoms with Crippen LogP contribution in [0, 0.1) is 0 Å². The molecule has 0 aliphatic rings. The van der Waals surface area contributed by atoms with Crippen molar-refractivity contribution in [3.63, 3.8) is 0 Å². The molecule has 0 amide bonds. The molecular weight excluding hydrogens is 322 g/mol. The minimum Gasteiger partial charge on any atom is -0.497 e. The van der Waals surface area contributed by atoms with Crippen molar-refractivity contribution in [2.45, 2.75) is 17.4 Å². The third-order valence-corrected chi connectivity index (χ3v) is 4.69. The van der Waals surface area contributed by atoms with Crippen LogP contribution in [-0.2, 0) is 19.6 Å². The van der Waals surface area contributed by atoms with Gasteiger partial charge in [-0.15, -0.1) is 0 Å². The molecule has 121 valence electrons. The summed E-state index contributed by atoms with van der Waals surface area (Å²) < 4.78 is 32.0. The highest BCUT2D eigenvalue weighted by molar-refractivity contribution is 7.89. The highest BCUT2D eigenvalue weighted by atomic mass is 32.2. The van der Waals surface area contributed by atoms with Crippen molar-refractivity contribution in [1.29, 1.82) is 0 Å². The first kappa shape index (κ1) is 16.9. The van der Waals surface area contributed by atoms with Crippen LogP contribution in [0.5, 0.6) is 5.75 Å². The van der Waals surface area contributed by atoms with Crippen molar-refractivity contribution in [3.05, 3.63) is 36.4 Å². The van der Waals surface area contributed by atoms with Crippen molar-refractivity contribution in [2.24, 2.45) is 0 Å². The molecule has 0 bridgehead atoms. The minimum atomic E-state index is -4.08. The molecule has 0 saturated heterocycles. The van der Waals surface area contributed by atoms with E-state index in [0.29, 0.717) is 16.5 Å². The Morgan fingerprint density at radius 3 is 2.70 bits per heavy atom. The van der Waals surface area contributed by atoms with Gasteiger partial charge in [0.2, 0.25) is 16.3 Å². The van der Waals surface area contributed by atoms with Crippen LogP contribution in [0.4, 0.5) is 0 Å². The first-order valence-electron chi connectivity index (χ1n) is 6.56. The van der Waals surface area contributed by atoms with E-state index in [-0.39, 0.29) is 4.90 Å². The predicted molar refractivity (Wildman–Crippen MR) is 82.6 cm³/mol. The minimum absolute atomic E-state index is 0.0525. The molecule has 0 fully saturated rings. The summed E-state index contributed by atoms with van der Waals surface area (Å²) in [6.07, 6.45) is 0.705. The molecule has 0 aromatic heterocycles. The standard InChI is InChI=1S/C15H14NO6S/c1-22-12-5-6-13-10(7-12)3-2-4-14(13)23(20,21)16-11(9-17)8-15(18)19/h2-7,11,16H,8H2,1H3,(H,18,19)/t11-/m0/s1. The molecule has 0 unspecified atom stereocenters. The first-order valence-corrected chi connectivity index (χ1v) is 8.04. The van der Waals surface area contributed by atoms with E-state index in [4.69, 9.17) is 9.84 Å². The average molecular weight is 336 g/mol. The molecule has 7 nitrogen and oxygen atoms in total. The molecule has 0 spiro atoms. The van der Waals surface area contributed by atoms with Gasteiger partial charge in [0.05, 0.1) is 24.5 Å². The SMILES string of the molecule is COc1ccc2c(S(=O)(=O)N[C@H]([C]=O)CC(=O)O)cccc2c1. The maximum atomic E-state index is 12.4. The molecule has 1 atom stereocenters. The monoisotopic (exact) mass is 336 g/mol. The van der Waals surface area contributed by atoms with Gasteiger partial charge in [0.15, 0.2) is 0 Å². The van der Waals surface area contributed by atoms with Crippen LogP contribution in [0.15, 0.2) is 41.3 Å². The van der Waals surface area contributed by atoms with Crippen molar-refractivity contribution >= 4 is 33.1 Å². The highest BCUT2D eigenvalue weighted by Gasteiger charge is 2.24. The molecule has 2 aromatic carbocycles. The van der Waals surface area contributed by atoms with E-state index in [9.17, 15) is 18.0 Å². The summed E-state index contributed by atoms with van der Waals surface area (Å²) >= 11 is 0. The van der Waals surface area contributed by atoms with Gasteiger partial charge in [-0.1, -0.05) is 12.1 Å². The van der Waals surface area contributed by atoms with Gasteiger partial charge < -0.3 is 9.84 Å². The van der Waals surface area contributed by atoms with Gasteiger partial charge in [0, 0.05) is 5.39 Å². The fourth-order valence-corrected chi connectivity index (χ4v) is 3.49. The second-order valence-electron chi connectivity index (χ2n) is 4.73. The Bertz CT molecular complexity index is 846. The Balaban J connectivity index is 2.45. The lowest BCUT2D eigenvalue weighted by molar-refractivity contribution is -0.137. The third-order valence-electron chi connectivity index (χ3n) is 3.16. The van der Waals surface area contributed by atoms with Gasteiger partial charge in [0.25, 0.3) is 0 Å². The largest absolute Gasteiger partial charge is 0.497 e. The van der Waals surface area contributed by atoms with Crippen LogP contribution in [0.25, 0.3) is 10.8 Å². The van der Waals surface area contributed by atoms with Crippen molar-refractivity contribution < 1.29 is 27.9 Å². The molecule has 0 aliphatic heterocycles. The zero-order valence-electron chi connectivity index (χ0n) is 12.1. The zero-order valence-corrected chi connectivity index (χ0v) is 13.0. The molecule has 2 N–H and O–H groups in total. The topological polar surface area (TPSA) is 110 Å². The Kier molecular flexibility index (Phi) is 4.97. The van der Waals surface area contributed by atoms with Crippen LogP contribution >= 0.6 is 0 Å². The number of aliphatic carboxylic acids is 1. The predicted octanol–water partition coefficient (Wildman–Crippen LogP) is 1.08. The third kappa shape index (κ3) is 3.85. The van der Waals surface area contributed by atoms with E-state index in [1.807, 2.05) is 4.72 Å². The fourth-order valence-electron chi connectivity index (χ4n) is 2.13. The number of carboxylic acid groups (broad SMARTS) is 1. The van der Waals surface area contributed by atoms with E-state index >= 15 is 0 Å². The van der Waals surface area contributed by atoms with Crippen LogP contribution in [0.3, 0.4) is 0 Å². The summed E-state index contributed by atoms with van der Waals surface area (Å²) in [6.45, 7) is 0. The Morgan fingerprint density at radius 2 is 2.09 bits per heavy atom. The van der Waals surface area contributed by atoms with Gasteiger partial charge in [-0.2, -0.15) is 4.72 Å². The number of ether oxygens (including phenoxy) is 1. The average Bonchev–Trinajstić information content (AvgIpc) is 2.52. The number of nitrogens with one attached hydrogen (secondary N) is 1. The summed E-state index contributed by atoms with van der Waals surface area (Å²) in [4.78, 5) is 21.4. The quantitative estimate of drug-likeness (QED) is 0.783. The lowest BCUT2D eigenvalue weighted by Gasteiger charge is -2.13. The second kappa shape index (κ2) is 6.76. The van der Waals surface area contributed by atoms with Crippen LogP contribution in [0.1, 0.15) is 6.42 Å². The van der Waals surface area contributed by atoms with E-state index < -0.39 is 28.5 Å². The van der Waals surface area contributed by atoms with Gasteiger partial charge in [-0.3, -0.25) is 9.59 Å². The lowest BCUT2D eigenvalue weighted by atomic mass is 10.1. The second-order valence-corrected chi connectivity index (χ2v) is 6.42. The van der Waals surface area contributed by atoms with Gasteiger partial charge in [-0.25, -0.2) is 8.42 Å². The number of methoxy groups -OCH3 is 1. The summed E-state index contributed by atoms with van der Waals surface area (Å²) in [5, 5.41) is 9.75. The molecule has 0 heterocycles. The van der Waals surface area contributed by atoms with E-state index in [2.05, 4.69) is 0 Å². The number of sulfonamides is 1. The number of carbonyl (C=O) groups is 1. The zero-order chi connectivity index (χ0) is 17.0. The van der Waals surface area contributed by atoms with Crippen LogP contribution < -0.4 is 9.46 Å². The van der Waals surface area contributed by atoms with Crippen molar-refractivity contribution in [3.8, 4) is 5.75 Å². The Hall–Kier alpha value is -2.45. The lowest BCUT2D eigenvalue weighted by Crippen LogP contribution is -2.37. The number of hydrogen-bond acceptors (Lipinski definition) is 5. The molecule has 0 saturated carbocycles. The number of carboxylic acids is 1. The van der Waals surface area contributed by atoms with E-state index in [0.717, 1.165) is 0 Å². The number of benzene rings is 2. The number of carbonyl (C=O) groups excluding carboxylic acids is 1. The molecule has 1 radical (unpaired) electrons. The first-order chi connectivity index (χ1) is 10.9. The molecule has 8 heteroatoms. The maximum absolute atomic E-state index is 12.4. The van der Waals surface area contributed by atoms with Gasteiger partial charge in [-0.05, 0) is 29.7 Å². The molecular formula is C15H14NO6S. The summed E-state index contributed by atoms with van der Waals surface area (Å²) in [5.74, 6) is -0.728. The van der Waals surface area contributed by atoms with Crippen LogP contribution in [0.2, 0.25) is 0 Å². The fraction of sp³-hybridized carbons (Fsp3) is 0.200. The highest BCUT2D eigenvalue weighted by Crippen LogP contribution is 2.26. The van der Waals surface area contributed by atoms with Crippen molar-refractivity contribution in [1.82, 2.24) is 4.72 Å².